The van der Waals surface area contributed by atoms with Gasteiger partial charge in [-0.1, -0.05) is 0 Å². The number of carbonyl (C=O) groups is 2. The number of aliphatic hydroxyl groups is 1. The highest BCUT2D eigenvalue weighted by Gasteiger charge is 2.51. The van der Waals surface area contributed by atoms with Crippen LogP contribution in [-0.4, -0.2) is 53.7 Å². The van der Waals surface area contributed by atoms with Crippen molar-refractivity contribution in [2.75, 3.05) is 20.2 Å². The lowest BCUT2D eigenvalue weighted by molar-refractivity contribution is -0.186. The third kappa shape index (κ3) is 4.06. The van der Waals surface area contributed by atoms with Gasteiger partial charge in [0.2, 0.25) is 5.85 Å². The monoisotopic (exact) mass is 291 g/mol. The summed E-state index contributed by atoms with van der Waals surface area (Å²) in [6, 6.07) is 0. The Kier molecular flexibility index (Phi) is 4.34. The fourth-order valence-electron chi connectivity index (χ4n) is 2.32. The maximum Gasteiger partial charge on any atom is 0.410 e. The average molecular weight is 291 g/mol. The van der Waals surface area contributed by atoms with Crippen molar-refractivity contribution in [3.63, 3.8) is 0 Å². The number of esters is 1. The molecule has 2 atom stereocenters. The second kappa shape index (κ2) is 5.20. The SMILES string of the molecule is COC(=O)C1(C)CN(C(=O)OC(C)(C)C)CC(O)(F)C1. The maximum absolute atomic E-state index is 14.0. The van der Waals surface area contributed by atoms with Crippen LogP contribution in [-0.2, 0) is 14.3 Å². The van der Waals surface area contributed by atoms with Crippen LogP contribution in [0.25, 0.3) is 0 Å². The first-order valence-corrected chi connectivity index (χ1v) is 6.36. The third-order valence-electron chi connectivity index (χ3n) is 2.96. The first-order valence-electron chi connectivity index (χ1n) is 6.36. The summed E-state index contributed by atoms with van der Waals surface area (Å²) in [4.78, 5) is 24.7. The minimum Gasteiger partial charge on any atom is -0.469 e. The number of hydrogen-bond acceptors (Lipinski definition) is 5. The van der Waals surface area contributed by atoms with Gasteiger partial charge in [0, 0.05) is 13.0 Å². The van der Waals surface area contributed by atoms with E-state index in [1.165, 1.54) is 14.0 Å². The smallest absolute Gasteiger partial charge is 0.410 e. The molecule has 116 valence electrons. The van der Waals surface area contributed by atoms with Crippen molar-refractivity contribution in [2.45, 2.75) is 45.6 Å². The molecule has 1 saturated heterocycles. The minimum absolute atomic E-state index is 0.0686. The highest BCUT2D eigenvalue weighted by atomic mass is 19.2. The van der Waals surface area contributed by atoms with Crippen molar-refractivity contribution < 1.29 is 28.6 Å². The lowest BCUT2D eigenvalue weighted by atomic mass is 9.80. The Labute approximate surface area is 117 Å². The number of ether oxygens (including phenoxy) is 2. The Bertz CT molecular complexity index is 404. The highest BCUT2D eigenvalue weighted by molar-refractivity contribution is 5.78. The lowest BCUT2D eigenvalue weighted by Crippen LogP contribution is -2.58. The normalized spacial score (nSPS) is 30.9. The van der Waals surface area contributed by atoms with Crippen LogP contribution < -0.4 is 0 Å². The molecule has 1 aliphatic rings. The van der Waals surface area contributed by atoms with E-state index >= 15 is 0 Å². The van der Waals surface area contributed by atoms with E-state index in [2.05, 4.69) is 4.74 Å². The van der Waals surface area contributed by atoms with E-state index in [0.29, 0.717) is 0 Å². The first kappa shape index (κ1) is 16.7. The van der Waals surface area contributed by atoms with E-state index in [0.717, 1.165) is 4.90 Å². The predicted octanol–water partition coefficient (Wildman–Crippen LogP) is 1.46. The summed E-state index contributed by atoms with van der Waals surface area (Å²) in [5.41, 5.74) is -2.06. The zero-order valence-electron chi connectivity index (χ0n) is 12.5. The number of carbonyl (C=O) groups excluding carboxylic acids is 2. The lowest BCUT2D eigenvalue weighted by Gasteiger charge is -2.43. The van der Waals surface area contributed by atoms with Gasteiger partial charge in [-0.25, -0.2) is 9.18 Å². The molecule has 7 heteroatoms. The van der Waals surface area contributed by atoms with Gasteiger partial charge in [0.05, 0.1) is 19.1 Å². The number of nitrogens with zero attached hydrogens (tertiary/aromatic N) is 1. The molecule has 1 aliphatic heterocycles. The standard InChI is InChI=1S/C13H22FNO5/c1-11(2,3)20-10(17)15-7-12(4,9(16)19-5)6-13(14,18)8-15/h18H,6-8H2,1-5H3. The summed E-state index contributed by atoms with van der Waals surface area (Å²) in [7, 11) is 1.18. The molecule has 1 rings (SSSR count). The number of piperidine rings is 1. The molecule has 0 radical (unpaired) electrons. The molecule has 0 aromatic carbocycles. The molecule has 2 unspecified atom stereocenters. The molecule has 0 aliphatic carbocycles. The topological polar surface area (TPSA) is 76.1 Å². The van der Waals surface area contributed by atoms with Gasteiger partial charge >= 0.3 is 12.1 Å². The summed E-state index contributed by atoms with van der Waals surface area (Å²) in [5.74, 6) is -3.33. The van der Waals surface area contributed by atoms with E-state index in [-0.39, 0.29) is 6.54 Å². The van der Waals surface area contributed by atoms with Crippen molar-refractivity contribution in [3.05, 3.63) is 0 Å². The molecule has 0 aromatic heterocycles. The number of methoxy groups -OCH3 is 1. The van der Waals surface area contributed by atoms with Crippen LogP contribution in [0.1, 0.15) is 34.1 Å². The summed E-state index contributed by atoms with van der Waals surface area (Å²) in [6.45, 7) is 5.87. The van der Waals surface area contributed by atoms with Crippen LogP contribution in [0.2, 0.25) is 0 Å². The molecule has 0 bridgehead atoms. The van der Waals surface area contributed by atoms with Gasteiger partial charge < -0.3 is 19.5 Å². The van der Waals surface area contributed by atoms with E-state index in [9.17, 15) is 19.1 Å². The van der Waals surface area contributed by atoms with Crippen LogP contribution in [0.3, 0.4) is 0 Å². The number of rotatable bonds is 1. The van der Waals surface area contributed by atoms with Gasteiger partial charge in [-0.05, 0) is 27.7 Å². The number of hydrogen-bond donors (Lipinski definition) is 1. The van der Waals surface area contributed by atoms with Gasteiger partial charge in [0.25, 0.3) is 0 Å². The van der Waals surface area contributed by atoms with Gasteiger partial charge in [-0.3, -0.25) is 4.79 Å². The van der Waals surface area contributed by atoms with Crippen LogP contribution in [0.15, 0.2) is 0 Å². The van der Waals surface area contributed by atoms with Crippen molar-refractivity contribution >= 4 is 12.1 Å². The van der Waals surface area contributed by atoms with Crippen LogP contribution >= 0.6 is 0 Å². The van der Waals surface area contributed by atoms with Crippen LogP contribution in [0, 0.1) is 5.41 Å². The Morgan fingerprint density at radius 2 is 1.85 bits per heavy atom. The third-order valence-corrected chi connectivity index (χ3v) is 2.96. The molecule has 20 heavy (non-hydrogen) atoms. The molecule has 0 saturated carbocycles. The molecule has 1 heterocycles. The van der Waals surface area contributed by atoms with Gasteiger partial charge in [-0.2, -0.15) is 0 Å². The summed E-state index contributed by atoms with van der Waals surface area (Å²) in [6.07, 6.45) is -1.20. The van der Waals surface area contributed by atoms with E-state index in [1.54, 1.807) is 20.8 Å². The van der Waals surface area contributed by atoms with Crippen molar-refractivity contribution in [3.8, 4) is 0 Å². The van der Waals surface area contributed by atoms with E-state index in [4.69, 9.17) is 4.74 Å². The van der Waals surface area contributed by atoms with Crippen molar-refractivity contribution in [1.82, 2.24) is 4.90 Å². The Balaban J connectivity index is 2.93. The van der Waals surface area contributed by atoms with E-state index < -0.39 is 41.9 Å². The largest absolute Gasteiger partial charge is 0.469 e. The molecule has 1 amide bonds. The Morgan fingerprint density at radius 1 is 1.30 bits per heavy atom. The number of alkyl halides is 1. The van der Waals surface area contributed by atoms with Crippen LogP contribution in [0.4, 0.5) is 9.18 Å². The van der Waals surface area contributed by atoms with Crippen LogP contribution in [0.5, 0.6) is 0 Å². The number of likely N-dealkylation sites (tertiary alicyclic amines) is 1. The zero-order valence-corrected chi connectivity index (χ0v) is 12.5. The van der Waals surface area contributed by atoms with Crippen molar-refractivity contribution in [1.29, 1.82) is 0 Å². The van der Waals surface area contributed by atoms with Gasteiger partial charge in [0.15, 0.2) is 0 Å². The zero-order chi connectivity index (χ0) is 15.8. The molecule has 1 fully saturated rings. The molecular weight excluding hydrogens is 269 g/mol. The molecule has 6 nitrogen and oxygen atoms in total. The molecule has 0 spiro atoms. The fraction of sp³-hybridized carbons (Fsp3) is 0.846. The summed E-state index contributed by atoms with van der Waals surface area (Å²) >= 11 is 0. The Morgan fingerprint density at radius 3 is 2.30 bits per heavy atom. The number of β-amino-alcohol motifs (C(OH)–C–C–N with tert-alkyl or cyclic N) is 1. The molecule has 1 N–H and O–H groups in total. The molecule has 0 aromatic rings. The molecular formula is C13H22FNO5. The Hall–Kier alpha value is -1.37. The van der Waals surface area contributed by atoms with Gasteiger partial charge in [0.1, 0.15) is 5.60 Å². The minimum atomic E-state index is -2.65. The summed E-state index contributed by atoms with van der Waals surface area (Å²) < 4.78 is 23.8. The number of amides is 1. The van der Waals surface area contributed by atoms with Crippen molar-refractivity contribution in [2.24, 2.45) is 5.41 Å². The average Bonchev–Trinajstić information content (AvgIpc) is 2.22. The predicted molar refractivity (Wildman–Crippen MR) is 68.6 cm³/mol. The second-order valence-electron chi connectivity index (χ2n) is 6.48. The van der Waals surface area contributed by atoms with Gasteiger partial charge in [-0.15, -0.1) is 0 Å². The van der Waals surface area contributed by atoms with E-state index in [1.807, 2.05) is 0 Å². The fourth-order valence-corrected chi connectivity index (χ4v) is 2.32. The quantitative estimate of drug-likeness (QED) is 0.740. The summed E-state index contributed by atoms with van der Waals surface area (Å²) in [5, 5.41) is 9.65. The second-order valence-corrected chi connectivity index (χ2v) is 6.48. The maximum atomic E-state index is 14.0. The number of halogens is 1. The first-order chi connectivity index (χ1) is 8.88. The highest BCUT2D eigenvalue weighted by Crippen LogP contribution is 2.37.